The van der Waals surface area contributed by atoms with E-state index < -0.39 is 40.7 Å². The van der Waals surface area contributed by atoms with Gasteiger partial charge in [-0.25, -0.2) is 22.0 Å². The molecule has 166 valence electrons. The Balaban J connectivity index is 1.87. The van der Waals surface area contributed by atoms with Crippen LogP contribution in [0, 0.1) is 41.4 Å². The van der Waals surface area contributed by atoms with Gasteiger partial charge in [-0.3, -0.25) is 4.79 Å². The Kier molecular flexibility index (Phi) is 5.60. The molecule has 0 atom stereocenters. The summed E-state index contributed by atoms with van der Waals surface area (Å²) < 4.78 is 74.9. The molecule has 0 bridgehead atoms. The van der Waals surface area contributed by atoms with E-state index in [4.69, 9.17) is 11.2 Å². The molecule has 9 heteroatoms. The zero-order valence-corrected chi connectivity index (χ0v) is 16.9. The second-order valence-corrected chi connectivity index (χ2v) is 6.97. The van der Waals surface area contributed by atoms with Crippen LogP contribution < -0.4 is 9.75 Å². The Labute approximate surface area is 184 Å². The Bertz CT molecular complexity index is 1390. The number of hydrogen-bond donors (Lipinski definition) is 0. The topological polar surface area (TPSA) is 41.9 Å². The van der Waals surface area contributed by atoms with Gasteiger partial charge in [0.1, 0.15) is 18.0 Å². The van der Waals surface area contributed by atoms with Crippen molar-refractivity contribution in [1.82, 2.24) is 0 Å². The van der Waals surface area contributed by atoms with Gasteiger partial charge in [-0.2, -0.15) is 10.1 Å². The quantitative estimate of drug-likeness (QED) is 0.175. The van der Waals surface area contributed by atoms with E-state index in [1.54, 1.807) is 30.3 Å². The maximum Gasteiger partial charge on any atom is 0.280 e. The minimum absolute atomic E-state index is 0.000208. The largest absolute Gasteiger partial charge is 0.480 e. The normalized spacial score (nSPS) is 14.7. The molecule has 0 saturated carbocycles. The Morgan fingerprint density at radius 2 is 1.64 bits per heavy atom. The maximum atomic E-state index is 14.3. The smallest absolute Gasteiger partial charge is 0.280 e. The van der Waals surface area contributed by atoms with E-state index in [0.29, 0.717) is 16.7 Å². The second kappa shape index (κ2) is 8.39. The molecule has 0 aromatic heterocycles. The van der Waals surface area contributed by atoms with Crippen LogP contribution in [0.5, 0.6) is 5.75 Å². The van der Waals surface area contributed by atoms with E-state index in [2.05, 4.69) is 11.0 Å². The Morgan fingerprint density at radius 3 is 2.30 bits per heavy atom. The Hall–Kier alpha value is -4.19. The molecule has 33 heavy (non-hydrogen) atoms. The predicted octanol–water partition coefficient (Wildman–Crippen LogP) is 5.35. The second-order valence-electron chi connectivity index (χ2n) is 6.97. The lowest BCUT2D eigenvalue weighted by molar-refractivity contribution is -0.114. The summed E-state index contributed by atoms with van der Waals surface area (Å²) in [6, 6.07) is 10.6. The van der Waals surface area contributed by atoms with Crippen LogP contribution in [0.1, 0.15) is 12.5 Å². The molecule has 0 saturated heterocycles. The van der Waals surface area contributed by atoms with Crippen LogP contribution in [0.3, 0.4) is 0 Å². The van der Waals surface area contributed by atoms with Gasteiger partial charge < -0.3 is 4.74 Å². The van der Waals surface area contributed by atoms with Crippen molar-refractivity contribution < 1.29 is 31.5 Å². The van der Waals surface area contributed by atoms with Gasteiger partial charge in [0.05, 0.1) is 11.3 Å². The summed E-state index contributed by atoms with van der Waals surface area (Å²) in [5, 5.41) is 5.38. The van der Waals surface area contributed by atoms with Gasteiger partial charge in [0.15, 0.2) is 23.3 Å². The molecule has 0 aliphatic carbocycles. The van der Waals surface area contributed by atoms with E-state index in [1.807, 2.05) is 6.07 Å². The molecule has 0 fully saturated rings. The van der Waals surface area contributed by atoms with E-state index in [-0.39, 0.29) is 22.9 Å². The van der Waals surface area contributed by atoms with Crippen molar-refractivity contribution in [2.24, 2.45) is 5.10 Å². The minimum atomic E-state index is -2.33. The fourth-order valence-electron chi connectivity index (χ4n) is 3.43. The maximum absolute atomic E-state index is 14.3. The Morgan fingerprint density at radius 1 is 1.00 bits per heavy atom. The molecule has 4 nitrogen and oxygen atoms in total. The highest BCUT2D eigenvalue weighted by molar-refractivity contribution is 6.32. The molecular weight excluding hydrogens is 443 g/mol. The molecule has 1 heterocycles. The van der Waals surface area contributed by atoms with Gasteiger partial charge in [0.2, 0.25) is 5.82 Å². The monoisotopic (exact) mass is 456 g/mol. The summed E-state index contributed by atoms with van der Waals surface area (Å²) in [5.74, 6) is -9.44. The van der Waals surface area contributed by atoms with Gasteiger partial charge in [0.25, 0.3) is 5.91 Å². The van der Waals surface area contributed by atoms with Crippen LogP contribution in [-0.2, 0) is 4.79 Å². The van der Waals surface area contributed by atoms with Crippen molar-refractivity contribution in [2.45, 2.75) is 6.92 Å². The first-order valence-electron chi connectivity index (χ1n) is 9.47. The van der Waals surface area contributed by atoms with E-state index in [1.165, 1.54) is 13.0 Å². The first-order chi connectivity index (χ1) is 15.8. The molecule has 0 unspecified atom stereocenters. The lowest BCUT2D eigenvalue weighted by Gasteiger charge is -2.15. The predicted molar refractivity (Wildman–Crippen MR) is 113 cm³/mol. The molecule has 0 radical (unpaired) electrons. The van der Waals surface area contributed by atoms with Crippen LogP contribution in [0.2, 0.25) is 0 Å². The van der Waals surface area contributed by atoms with Gasteiger partial charge in [-0.05, 0) is 29.8 Å². The first-order valence-corrected chi connectivity index (χ1v) is 9.47. The average Bonchev–Trinajstić information content (AvgIpc) is 3.09. The van der Waals surface area contributed by atoms with Gasteiger partial charge in [0, 0.05) is 5.56 Å². The number of terminal acetylenes is 1. The number of halogens is 5. The summed E-state index contributed by atoms with van der Waals surface area (Å²) in [4.78, 5) is 13.0. The molecule has 3 aromatic rings. The van der Waals surface area contributed by atoms with Crippen LogP contribution >= 0.6 is 0 Å². The van der Waals surface area contributed by atoms with Gasteiger partial charge in [-0.1, -0.05) is 36.3 Å². The number of carbonyl (C=O) groups excluding carboxylic acids is 1. The van der Waals surface area contributed by atoms with E-state index in [0.717, 1.165) is 5.39 Å². The first kappa shape index (κ1) is 22.0. The number of anilines is 1. The third-order valence-corrected chi connectivity index (χ3v) is 4.99. The number of rotatable bonds is 4. The zero-order chi connectivity index (χ0) is 23.9. The lowest BCUT2D eigenvalue weighted by atomic mass is 9.99. The van der Waals surface area contributed by atoms with Crippen molar-refractivity contribution >= 4 is 34.2 Å². The third-order valence-electron chi connectivity index (χ3n) is 4.99. The van der Waals surface area contributed by atoms with Gasteiger partial charge in [-0.15, -0.1) is 6.42 Å². The summed E-state index contributed by atoms with van der Waals surface area (Å²) in [6.07, 6.45) is 6.64. The van der Waals surface area contributed by atoms with Crippen molar-refractivity contribution in [1.29, 1.82) is 0 Å². The number of nitrogens with zero attached hydrogens (tertiary/aromatic N) is 2. The number of hydrogen-bond acceptors (Lipinski definition) is 3. The van der Waals surface area contributed by atoms with Crippen LogP contribution in [0.15, 0.2) is 47.1 Å². The fraction of sp³-hybridized carbons (Fsp3) is 0.0833. The van der Waals surface area contributed by atoms with E-state index in [9.17, 15) is 26.7 Å². The highest BCUT2D eigenvalue weighted by Gasteiger charge is 2.37. The molecule has 3 aromatic carbocycles. The molecule has 1 aliphatic rings. The standard InChI is InChI=1S/C24H13F5N2O2/c1-3-10-33-17-9-8-13-6-4-5-7-14(13)16(17)11-15-12(2)30-31(24(15)32)23-21(28)19(26)18(25)20(27)22(23)29/h1,4-9,11H,10H2,2H3/b15-11-. The summed E-state index contributed by atoms with van der Waals surface area (Å²) in [6.45, 7) is 1.30. The zero-order valence-electron chi connectivity index (χ0n) is 16.9. The number of benzene rings is 3. The van der Waals surface area contributed by atoms with E-state index >= 15 is 0 Å². The molecule has 4 rings (SSSR count). The summed E-state index contributed by atoms with van der Waals surface area (Å²) in [5.41, 5.74) is -1.15. The van der Waals surface area contributed by atoms with Gasteiger partial charge >= 0.3 is 0 Å². The van der Waals surface area contributed by atoms with Crippen molar-refractivity contribution in [2.75, 3.05) is 11.6 Å². The third kappa shape index (κ3) is 3.59. The van der Waals surface area contributed by atoms with Crippen molar-refractivity contribution in [3.63, 3.8) is 0 Å². The molecule has 1 amide bonds. The summed E-state index contributed by atoms with van der Waals surface area (Å²) >= 11 is 0. The molecule has 1 aliphatic heterocycles. The summed E-state index contributed by atoms with van der Waals surface area (Å²) in [7, 11) is 0. The number of fused-ring (bicyclic) bond motifs is 1. The highest BCUT2D eigenvalue weighted by Crippen LogP contribution is 2.36. The fourth-order valence-corrected chi connectivity index (χ4v) is 3.43. The number of ether oxygens (including phenoxy) is 1. The minimum Gasteiger partial charge on any atom is -0.480 e. The van der Waals surface area contributed by atoms with Crippen LogP contribution in [0.4, 0.5) is 27.6 Å². The number of carbonyl (C=O) groups is 1. The highest BCUT2D eigenvalue weighted by atomic mass is 19.2. The number of hydrazone groups is 1. The molecular formula is C24H13F5N2O2. The van der Waals surface area contributed by atoms with Crippen LogP contribution in [-0.4, -0.2) is 18.2 Å². The lowest BCUT2D eigenvalue weighted by Crippen LogP contribution is -2.25. The SMILES string of the molecule is C#CCOc1ccc2ccccc2c1/C=C1\C(=O)N(c2c(F)c(F)c(F)c(F)c2F)N=C1C. The molecule has 0 N–H and O–H groups in total. The van der Waals surface area contributed by atoms with Crippen molar-refractivity contribution in [3.8, 4) is 18.1 Å². The average molecular weight is 456 g/mol. The van der Waals surface area contributed by atoms with Crippen molar-refractivity contribution in [3.05, 3.63) is 76.6 Å². The van der Waals surface area contributed by atoms with Crippen LogP contribution in [0.25, 0.3) is 16.8 Å². The number of amides is 1. The molecule has 0 spiro atoms.